The molecule has 7 heteroatoms. The normalized spacial score (nSPS) is 11.9. The maximum atomic E-state index is 14.2. The Morgan fingerprint density at radius 1 is 1.00 bits per heavy atom. The van der Waals surface area contributed by atoms with Crippen LogP contribution in [-0.4, -0.2) is 29.8 Å². The van der Waals surface area contributed by atoms with Crippen molar-refractivity contribution in [3.63, 3.8) is 0 Å². The van der Waals surface area contributed by atoms with E-state index in [-0.39, 0.29) is 24.4 Å². The lowest BCUT2D eigenvalue weighted by Gasteiger charge is -2.30. The first-order valence-electron chi connectivity index (χ1n) is 9.20. The van der Waals surface area contributed by atoms with Gasteiger partial charge >= 0.3 is 0 Å². The number of carbonyl (C=O) groups is 2. The quantitative estimate of drug-likeness (QED) is 0.706. The van der Waals surface area contributed by atoms with Crippen LogP contribution < -0.4 is 10.6 Å². The van der Waals surface area contributed by atoms with E-state index in [0.29, 0.717) is 29.9 Å². The number of hydrogen-bond acceptors (Lipinski definition) is 3. The topological polar surface area (TPSA) is 61.4 Å². The predicted molar refractivity (Wildman–Crippen MR) is 106 cm³/mol. The maximum Gasteiger partial charge on any atom is 0.238 e. The molecule has 2 N–H and O–H groups in total. The van der Waals surface area contributed by atoms with Crippen molar-refractivity contribution in [2.75, 3.05) is 23.7 Å². The molecule has 0 bridgehead atoms. The molecular formula is C21H25F2N3O2. The summed E-state index contributed by atoms with van der Waals surface area (Å²) >= 11 is 0. The third-order valence-corrected chi connectivity index (χ3v) is 4.39. The minimum Gasteiger partial charge on any atom is -0.326 e. The highest BCUT2D eigenvalue weighted by atomic mass is 19.1. The molecular weight excluding hydrogens is 364 g/mol. The number of rotatable bonds is 8. The van der Waals surface area contributed by atoms with Gasteiger partial charge in [-0.2, -0.15) is 0 Å². The van der Waals surface area contributed by atoms with Gasteiger partial charge in [0.15, 0.2) is 0 Å². The smallest absolute Gasteiger partial charge is 0.238 e. The fourth-order valence-electron chi connectivity index (χ4n) is 3.11. The van der Waals surface area contributed by atoms with Crippen LogP contribution in [0.2, 0.25) is 0 Å². The molecule has 2 rings (SSSR count). The number of anilines is 2. The number of nitrogens with zero attached hydrogens (tertiary/aromatic N) is 1. The van der Waals surface area contributed by atoms with E-state index in [1.54, 1.807) is 24.3 Å². The van der Waals surface area contributed by atoms with E-state index in [4.69, 9.17) is 0 Å². The van der Waals surface area contributed by atoms with E-state index < -0.39 is 11.6 Å². The van der Waals surface area contributed by atoms with Gasteiger partial charge in [0.05, 0.1) is 6.54 Å². The highest BCUT2D eigenvalue weighted by molar-refractivity contribution is 5.93. The molecule has 2 aromatic carbocycles. The minimum absolute atomic E-state index is 0.0687. The van der Waals surface area contributed by atoms with E-state index >= 15 is 0 Å². The molecule has 0 aromatic heterocycles. The lowest BCUT2D eigenvalue weighted by Crippen LogP contribution is -2.36. The van der Waals surface area contributed by atoms with Crippen LogP contribution in [0.25, 0.3) is 0 Å². The van der Waals surface area contributed by atoms with Crippen molar-refractivity contribution in [1.82, 2.24) is 4.90 Å². The van der Waals surface area contributed by atoms with Crippen LogP contribution >= 0.6 is 0 Å². The molecule has 1 unspecified atom stereocenters. The zero-order chi connectivity index (χ0) is 20.7. The fraction of sp³-hybridized carbons (Fsp3) is 0.333. The van der Waals surface area contributed by atoms with Gasteiger partial charge in [0.2, 0.25) is 11.8 Å². The molecule has 0 aliphatic carbocycles. The summed E-state index contributed by atoms with van der Waals surface area (Å²) in [5, 5.41) is 5.45. The van der Waals surface area contributed by atoms with E-state index in [1.165, 1.54) is 19.1 Å². The maximum absolute atomic E-state index is 14.2. The van der Waals surface area contributed by atoms with Gasteiger partial charge in [0, 0.05) is 36.0 Å². The van der Waals surface area contributed by atoms with Crippen molar-refractivity contribution in [2.45, 2.75) is 33.2 Å². The average molecular weight is 389 g/mol. The highest BCUT2D eigenvalue weighted by Gasteiger charge is 2.23. The Labute approximate surface area is 163 Å². The Balaban J connectivity index is 2.05. The van der Waals surface area contributed by atoms with Gasteiger partial charge in [-0.25, -0.2) is 8.78 Å². The van der Waals surface area contributed by atoms with Gasteiger partial charge < -0.3 is 10.6 Å². The highest BCUT2D eigenvalue weighted by Crippen LogP contribution is 2.27. The summed E-state index contributed by atoms with van der Waals surface area (Å²) in [6.07, 6.45) is 0.578. The monoisotopic (exact) mass is 389 g/mol. The number of carbonyl (C=O) groups excluding carboxylic acids is 2. The summed E-state index contributed by atoms with van der Waals surface area (Å²) in [6.45, 7) is 5.81. The van der Waals surface area contributed by atoms with Crippen LogP contribution in [0.15, 0.2) is 42.5 Å². The first-order chi connectivity index (χ1) is 13.3. The second kappa shape index (κ2) is 9.94. The van der Waals surface area contributed by atoms with Gasteiger partial charge in [-0.1, -0.05) is 19.9 Å². The number of benzene rings is 2. The van der Waals surface area contributed by atoms with Crippen LogP contribution in [0.4, 0.5) is 20.2 Å². The Hall–Kier alpha value is -2.80. The van der Waals surface area contributed by atoms with E-state index in [1.807, 2.05) is 18.7 Å². The molecule has 150 valence electrons. The molecule has 0 fully saturated rings. The Morgan fingerprint density at radius 3 is 2.11 bits per heavy atom. The van der Waals surface area contributed by atoms with Gasteiger partial charge in [-0.15, -0.1) is 0 Å². The third-order valence-electron chi connectivity index (χ3n) is 4.39. The molecule has 5 nitrogen and oxygen atoms in total. The minimum atomic E-state index is -0.625. The summed E-state index contributed by atoms with van der Waals surface area (Å²) in [6, 6.07) is 9.95. The summed E-state index contributed by atoms with van der Waals surface area (Å²) < 4.78 is 27.4. The summed E-state index contributed by atoms with van der Waals surface area (Å²) in [5.41, 5.74) is 1.60. The average Bonchev–Trinajstić information content (AvgIpc) is 2.64. The lowest BCUT2D eigenvalue weighted by atomic mass is 10.0. The summed E-state index contributed by atoms with van der Waals surface area (Å²) in [4.78, 5) is 25.4. The molecule has 0 spiro atoms. The number of halogens is 2. The molecule has 0 saturated heterocycles. The van der Waals surface area contributed by atoms with Crippen LogP contribution in [0.1, 0.15) is 38.8 Å². The Kier molecular flexibility index (Phi) is 7.63. The SMILES string of the molecule is CCC(c1ccc(F)cc1F)N(CC)CC(=O)Nc1ccc(NC(C)=O)cc1. The zero-order valence-electron chi connectivity index (χ0n) is 16.3. The molecule has 0 heterocycles. The van der Waals surface area contributed by atoms with Crippen molar-refractivity contribution in [3.8, 4) is 0 Å². The van der Waals surface area contributed by atoms with Crippen LogP contribution in [-0.2, 0) is 9.59 Å². The van der Waals surface area contributed by atoms with Crippen molar-refractivity contribution < 1.29 is 18.4 Å². The van der Waals surface area contributed by atoms with Gasteiger partial charge in [0.25, 0.3) is 0 Å². The van der Waals surface area contributed by atoms with Crippen molar-refractivity contribution >= 4 is 23.2 Å². The van der Waals surface area contributed by atoms with Gasteiger partial charge in [-0.3, -0.25) is 14.5 Å². The fourth-order valence-corrected chi connectivity index (χ4v) is 3.11. The lowest BCUT2D eigenvalue weighted by molar-refractivity contribution is -0.118. The van der Waals surface area contributed by atoms with Crippen molar-refractivity contribution in [1.29, 1.82) is 0 Å². The molecule has 1 atom stereocenters. The predicted octanol–water partition coefficient (Wildman–Crippen LogP) is 4.33. The van der Waals surface area contributed by atoms with E-state index in [9.17, 15) is 18.4 Å². The van der Waals surface area contributed by atoms with E-state index in [0.717, 1.165) is 6.07 Å². The number of likely N-dealkylation sites (N-methyl/N-ethyl adjacent to an activating group) is 1. The van der Waals surface area contributed by atoms with Crippen LogP contribution in [0.5, 0.6) is 0 Å². The second-order valence-corrected chi connectivity index (χ2v) is 6.46. The molecule has 0 saturated carbocycles. The summed E-state index contributed by atoms with van der Waals surface area (Å²) in [5.74, 6) is -1.65. The van der Waals surface area contributed by atoms with Crippen LogP contribution in [0, 0.1) is 11.6 Å². The molecule has 2 amide bonds. The molecule has 0 aliphatic heterocycles. The third kappa shape index (κ3) is 5.85. The molecule has 0 radical (unpaired) electrons. The summed E-state index contributed by atoms with van der Waals surface area (Å²) in [7, 11) is 0. The number of nitrogens with one attached hydrogen (secondary N) is 2. The standard InChI is InChI=1S/C21H25F2N3O2/c1-4-20(18-11-6-15(22)12-19(18)23)26(5-2)13-21(28)25-17-9-7-16(8-10-17)24-14(3)27/h6-12,20H,4-5,13H2,1-3H3,(H,24,27)(H,25,28). The number of amides is 2. The van der Waals surface area contributed by atoms with Gasteiger partial charge in [0.1, 0.15) is 11.6 Å². The van der Waals surface area contributed by atoms with Crippen molar-refractivity contribution in [3.05, 3.63) is 59.7 Å². The van der Waals surface area contributed by atoms with Crippen molar-refractivity contribution in [2.24, 2.45) is 0 Å². The first-order valence-corrected chi connectivity index (χ1v) is 9.20. The molecule has 0 aliphatic rings. The van der Waals surface area contributed by atoms with Gasteiger partial charge in [-0.05, 0) is 43.3 Å². The zero-order valence-corrected chi connectivity index (χ0v) is 16.3. The Morgan fingerprint density at radius 2 is 1.61 bits per heavy atom. The second-order valence-electron chi connectivity index (χ2n) is 6.46. The van der Waals surface area contributed by atoms with Crippen LogP contribution in [0.3, 0.4) is 0 Å². The largest absolute Gasteiger partial charge is 0.326 e. The van der Waals surface area contributed by atoms with E-state index in [2.05, 4.69) is 10.6 Å². The Bertz CT molecular complexity index is 825. The first kappa shape index (κ1) is 21.5. The molecule has 2 aromatic rings. The molecule has 28 heavy (non-hydrogen) atoms. The number of hydrogen-bond donors (Lipinski definition) is 2.